The van der Waals surface area contributed by atoms with E-state index < -0.39 is 0 Å². The Morgan fingerprint density at radius 3 is 2.39 bits per heavy atom. The standard InChI is InChI=1S/C22H27N3O2S/c1-3-24-12-14-25(15-13-24)22(28)18-8-10-19(11-9-18)27-16-21(26)23-20-7-5-4-6-17(20)2/h4-11H,3,12-16H2,1-2H3,(H,23,26). The maximum atomic E-state index is 12.1. The van der Waals surface area contributed by atoms with E-state index in [4.69, 9.17) is 17.0 Å². The van der Waals surface area contributed by atoms with Crippen LogP contribution in [0.3, 0.4) is 0 Å². The number of nitrogens with one attached hydrogen (secondary N) is 1. The minimum Gasteiger partial charge on any atom is -0.484 e. The molecule has 148 valence electrons. The molecule has 0 unspecified atom stereocenters. The number of thiocarbonyl (C=S) groups is 1. The van der Waals surface area contributed by atoms with Crippen LogP contribution in [0.2, 0.25) is 0 Å². The number of hydrogen-bond acceptors (Lipinski definition) is 4. The number of aryl methyl sites for hydroxylation is 1. The van der Waals surface area contributed by atoms with Gasteiger partial charge in [0, 0.05) is 37.4 Å². The van der Waals surface area contributed by atoms with Crippen molar-refractivity contribution in [3.8, 4) is 5.75 Å². The molecular weight excluding hydrogens is 370 g/mol. The second-order valence-corrected chi connectivity index (χ2v) is 7.29. The summed E-state index contributed by atoms with van der Waals surface area (Å²) in [6.45, 7) is 9.23. The lowest BCUT2D eigenvalue weighted by atomic mass is 10.2. The Morgan fingerprint density at radius 1 is 1.07 bits per heavy atom. The van der Waals surface area contributed by atoms with Crippen LogP contribution in [0.4, 0.5) is 5.69 Å². The van der Waals surface area contributed by atoms with E-state index >= 15 is 0 Å². The van der Waals surface area contributed by atoms with Gasteiger partial charge in [-0.15, -0.1) is 0 Å². The van der Waals surface area contributed by atoms with E-state index in [1.54, 1.807) is 0 Å². The van der Waals surface area contributed by atoms with E-state index in [-0.39, 0.29) is 12.5 Å². The number of para-hydroxylation sites is 1. The molecule has 3 rings (SSSR count). The Labute approximate surface area is 172 Å². The number of hydrogen-bond donors (Lipinski definition) is 1. The number of nitrogens with zero attached hydrogens (tertiary/aromatic N) is 2. The number of amides is 1. The summed E-state index contributed by atoms with van der Waals surface area (Å²) in [5.74, 6) is 0.477. The molecule has 28 heavy (non-hydrogen) atoms. The van der Waals surface area contributed by atoms with Crippen LogP contribution in [0.1, 0.15) is 18.1 Å². The van der Waals surface area contributed by atoms with E-state index in [1.165, 1.54) is 0 Å². The van der Waals surface area contributed by atoms with Crippen LogP contribution in [0, 0.1) is 6.92 Å². The number of carbonyl (C=O) groups is 1. The lowest BCUT2D eigenvalue weighted by Gasteiger charge is -2.35. The third-order valence-corrected chi connectivity index (χ3v) is 5.49. The molecule has 0 aliphatic carbocycles. The smallest absolute Gasteiger partial charge is 0.262 e. The quantitative estimate of drug-likeness (QED) is 0.758. The van der Waals surface area contributed by atoms with Gasteiger partial charge in [-0.3, -0.25) is 4.79 Å². The largest absolute Gasteiger partial charge is 0.484 e. The van der Waals surface area contributed by atoms with E-state index in [1.807, 2.05) is 55.5 Å². The molecule has 0 saturated carbocycles. The average Bonchev–Trinajstić information content (AvgIpc) is 2.74. The molecule has 2 aromatic carbocycles. The van der Waals surface area contributed by atoms with Crippen molar-refractivity contribution in [1.82, 2.24) is 9.80 Å². The third-order valence-electron chi connectivity index (χ3n) is 5.00. The number of carbonyl (C=O) groups excluding carboxylic acids is 1. The van der Waals surface area contributed by atoms with Crippen molar-refractivity contribution >= 4 is 28.8 Å². The molecule has 1 saturated heterocycles. The zero-order chi connectivity index (χ0) is 19.9. The van der Waals surface area contributed by atoms with Crippen LogP contribution in [0.15, 0.2) is 48.5 Å². The topological polar surface area (TPSA) is 44.8 Å². The molecule has 0 atom stereocenters. The average molecular weight is 398 g/mol. The second kappa shape index (κ2) is 9.66. The van der Waals surface area contributed by atoms with Gasteiger partial charge in [-0.05, 0) is 49.4 Å². The lowest BCUT2D eigenvalue weighted by molar-refractivity contribution is -0.118. The predicted octanol–water partition coefficient (Wildman–Crippen LogP) is 3.33. The molecule has 2 aromatic rings. The zero-order valence-corrected chi connectivity index (χ0v) is 17.3. The van der Waals surface area contributed by atoms with Crippen molar-refractivity contribution in [2.45, 2.75) is 13.8 Å². The van der Waals surface area contributed by atoms with Gasteiger partial charge in [-0.2, -0.15) is 0 Å². The number of anilines is 1. The highest BCUT2D eigenvalue weighted by Gasteiger charge is 2.18. The Kier molecular flexibility index (Phi) is 7.01. The van der Waals surface area contributed by atoms with Gasteiger partial charge < -0.3 is 19.9 Å². The number of benzene rings is 2. The SMILES string of the molecule is CCN1CCN(C(=S)c2ccc(OCC(=O)Nc3ccccc3C)cc2)CC1. The fraction of sp³-hybridized carbons (Fsp3) is 0.364. The molecule has 0 bridgehead atoms. The summed E-state index contributed by atoms with van der Waals surface area (Å²) >= 11 is 5.65. The molecule has 6 heteroatoms. The Bertz CT molecular complexity index is 815. The van der Waals surface area contributed by atoms with Crippen molar-refractivity contribution in [3.05, 3.63) is 59.7 Å². The lowest BCUT2D eigenvalue weighted by Crippen LogP contribution is -2.48. The van der Waals surface area contributed by atoms with Crippen LogP contribution < -0.4 is 10.1 Å². The summed E-state index contributed by atoms with van der Waals surface area (Å²) in [7, 11) is 0. The van der Waals surface area contributed by atoms with Gasteiger partial charge in [0.2, 0.25) is 0 Å². The number of ether oxygens (including phenoxy) is 1. The fourth-order valence-electron chi connectivity index (χ4n) is 3.19. The monoisotopic (exact) mass is 397 g/mol. The molecule has 0 radical (unpaired) electrons. The molecule has 0 spiro atoms. The predicted molar refractivity (Wildman–Crippen MR) is 117 cm³/mol. The maximum absolute atomic E-state index is 12.1. The van der Waals surface area contributed by atoms with Crippen molar-refractivity contribution in [3.63, 3.8) is 0 Å². The van der Waals surface area contributed by atoms with Gasteiger partial charge in [-0.1, -0.05) is 37.3 Å². The first kappa shape index (κ1) is 20.3. The van der Waals surface area contributed by atoms with Crippen LogP contribution in [-0.2, 0) is 4.79 Å². The van der Waals surface area contributed by atoms with E-state index in [0.717, 1.165) is 54.5 Å². The molecule has 1 aliphatic heterocycles. The van der Waals surface area contributed by atoms with Gasteiger partial charge in [0.1, 0.15) is 10.7 Å². The van der Waals surface area contributed by atoms with Crippen molar-refractivity contribution in [1.29, 1.82) is 0 Å². The summed E-state index contributed by atoms with van der Waals surface area (Å²) < 4.78 is 5.61. The first-order chi connectivity index (χ1) is 13.6. The normalized spacial score (nSPS) is 14.6. The molecule has 1 N–H and O–H groups in total. The van der Waals surface area contributed by atoms with Gasteiger partial charge in [-0.25, -0.2) is 0 Å². The fourth-order valence-corrected chi connectivity index (χ4v) is 3.51. The minimum atomic E-state index is -0.178. The number of likely N-dealkylation sites (N-methyl/N-ethyl adjacent to an activating group) is 1. The molecule has 1 heterocycles. The highest BCUT2D eigenvalue weighted by molar-refractivity contribution is 7.80. The minimum absolute atomic E-state index is 0.0306. The summed E-state index contributed by atoms with van der Waals surface area (Å²) in [4.78, 5) is 17.7. The van der Waals surface area contributed by atoms with Crippen molar-refractivity contribution in [2.24, 2.45) is 0 Å². The molecular formula is C22H27N3O2S. The second-order valence-electron chi connectivity index (χ2n) is 6.90. The Morgan fingerprint density at radius 2 is 1.75 bits per heavy atom. The first-order valence-electron chi connectivity index (χ1n) is 9.67. The van der Waals surface area contributed by atoms with E-state index in [9.17, 15) is 4.79 Å². The number of rotatable bonds is 6. The molecule has 1 fully saturated rings. The summed E-state index contributed by atoms with van der Waals surface area (Å²) in [6, 6.07) is 15.3. The summed E-state index contributed by atoms with van der Waals surface area (Å²) in [6.07, 6.45) is 0. The van der Waals surface area contributed by atoms with Crippen molar-refractivity contribution in [2.75, 3.05) is 44.6 Å². The molecule has 0 aromatic heterocycles. The first-order valence-corrected chi connectivity index (χ1v) is 10.1. The van der Waals surface area contributed by atoms with Crippen LogP contribution in [0.25, 0.3) is 0 Å². The summed E-state index contributed by atoms with van der Waals surface area (Å²) in [5, 5.41) is 2.87. The van der Waals surface area contributed by atoms with E-state index in [2.05, 4.69) is 22.0 Å². The maximum Gasteiger partial charge on any atom is 0.262 e. The van der Waals surface area contributed by atoms with Gasteiger partial charge >= 0.3 is 0 Å². The zero-order valence-electron chi connectivity index (χ0n) is 16.5. The Balaban J connectivity index is 1.49. The Hall–Kier alpha value is -2.44. The van der Waals surface area contributed by atoms with Crippen LogP contribution in [0.5, 0.6) is 5.75 Å². The van der Waals surface area contributed by atoms with Crippen LogP contribution in [-0.4, -0.2) is 60.0 Å². The van der Waals surface area contributed by atoms with E-state index in [0.29, 0.717) is 5.75 Å². The highest BCUT2D eigenvalue weighted by atomic mass is 32.1. The van der Waals surface area contributed by atoms with Gasteiger partial charge in [0.25, 0.3) is 5.91 Å². The summed E-state index contributed by atoms with van der Waals surface area (Å²) in [5.41, 5.74) is 2.84. The van der Waals surface area contributed by atoms with Crippen LogP contribution >= 0.6 is 12.2 Å². The highest BCUT2D eigenvalue weighted by Crippen LogP contribution is 2.17. The molecule has 5 nitrogen and oxygen atoms in total. The molecule has 1 aliphatic rings. The van der Waals surface area contributed by atoms with Crippen molar-refractivity contribution < 1.29 is 9.53 Å². The third kappa shape index (κ3) is 5.30. The molecule has 1 amide bonds. The van der Waals surface area contributed by atoms with Gasteiger partial charge in [0.05, 0.1) is 0 Å². The number of piperazine rings is 1. The van der Waals surface area contributed by atoms with Gasteiger partial charge in [0.15, 0.2) is 6.61 Å².